The van der Waals surface area contributed by atoms with Gasteiger partial charge in [0.05, 0.1) is 24.9 Å². The summed E-state index contributed by atoms with van der Waals surface area (Å²) >= 11 is 1.24. The molecule has 140 valence electrons. The van der Waals surface area contributed by atoms with Gasteiger partial charge >= 0.3 is 12.3 Å². The quantitative estimate of drug-likeness (QED) is 0.443. The molecule has 0 unspecified atom stereocenters. The minimum Gasteiger partial charge on any atom is -0.466 e. The summed E-state index contributed by atoms with van der Waals surface area (Å²) in [4.78, 5) is 15.6. The van der Waals surface area contributed by atoms with Crippen molar-refractivity contribution >= 4 is 28.7 Å². The summed E-state index contributed by atoms with van der Waals surface area (Å²) in [5.41, 5.74) is 4.24. The molecule has 0 fully saturated rings. The number of ether oxygens (including phenoxy) is 2. The Morgan fingerprint density at radius 3 is 2.85 bits per heavy atom. The van der Waals surface area contributed by atoms with Crippen LogP contribution in [0.2, 0.25) is 0 Å². The number of esters is 1. The van der Waals surface area contributed by atoms with E-state index < -0.39 is 6.36 Å². The maximum absolute atomic E-state index is 12.3. The maximum atomic E-state index is 12.3. The second kappa shape index (κ2) is 8.65. The van der Waals surface area contributed by atoms with Crippen molar-refractivity contribution in [2.24, 2.45) is 5.10 Å². The number of benzene rings is 1. The number of rotatable bonds is 7. The van der Waals surface area contributed by atoms with Crippen LogP contribution in [0.4, 0.5) is 18.3 Å². The zero-order valence-electron chi connectivity index (χ0n) is 14.0. The van der Waals surface area contributed by atoms with Gasteiger partial charge in [-0.3, -0.25) is 10.2 Å². The molecule has 0 bridgehead atoms. The van der Waals surface area contributed by atoms with Gasteiger partial charge in [-0.15, -0.1) is 24.5 Å². The van der Waals surface area contributed by atoms with E-state index in [1.165, 1.54) is 29.7 Å². The topological polar surface area (TPSA) is 72.8 Å². The summed E-state index contributed by atoms with van der Waals surface area (Å²) < 4.78 is 45.7. The molecule has 6 nitrogen and oxygen atoms in total. The predicted molar refractivity (Wildman–Crippen MR) is 91.5 cm³/mol. The molecule has 10 heteroatoms. The van der Waals surface area contributed by atoms with E-state index in [0.29, 0.717) is 28.6 Å². The lowest BCUT2D eigenvalue weighted by molar-refractivity contribution is -0.274. The first-order valence-electron chi connectivity index (χ1n) is 7.51. The van der Waals surface area contributed by atoms with Crippen LogP contribution in [0.25, 0.3) is 0 Å². The number of anilines is 1. The van der Waals surface area contributed by atoms with Crippen LogP contribution in [-0.4, -0.2) is 30.1 Å². The van der Waals surface area contributed by atoms with Crippen molar-refractivity contribution in [1.29, 1.82) is 0 Å². The summed E-state index contributed by atoms with van der Waals surface area (Å²) in [6.07, 6.45) is -3.34. The van der Waals surface area contributed by atoms with E-state index in [1.807, 2.05) is 0 Å². The van der Waals surface area contributed by atoms with E-state index in [9.17, 15) is 18.0 Å². The normalized spacial score (nSPS) is 11.6. The van der Waals surface area contributed by atoms with E-state index in [1.54, 1.807) is 25.3 Å². The molecule has 2 rings (SSSR count). The van der Waals surface area contributed by atoms with Gasteiger partial charge in [-0.25, -0.2) is 4.98 Å². The molecule has 0 radical (unpaired) electrons. The molecular formula is C16H16F3N3O3S. The Morgan fingerprint density at radius 1 is 1.38 bits per heavy atom. The smallest absolute Gasteiger partial charge is 0.466 e. The number of thiazole rings is 1. The van der Waals surface area contributed by atoms with E-state index in [2.05, 4.69) is 20.2 Å². The fourth-order valence-electron chi connectivity index (χ4n) is 2.01. The molecule has 0 aliphatic carbocycles. The molecule has 0 spiro atoms. The third-order valence-corrected chi connectivity index (χ3v) is 3.66. The van der Waals surface area contributed by atoms with Crippen molar-refractivity contribution in [3.8, 4) is 5.75 Å². The van der Waals surface area contributed by atoms with E-state index in [0.717, 1.165) is 0 Å². The monoisotopic (exact) mass is 387 g/mol. The Labute approximate surface area is 151 Å². The van der Waals surface area contributed by atoms with Gasteiger partial charge in [-0.05, 0) is 37.1 Å². The number of nitrogens with one attached hydrogen (secondary N) is 1. The molecule has 1 heterocycles. The fraction of sp³-hybridized carbons (Fsp3) is 0.312. The van der Waals surface area contributed by atoms with Crippen LogP contribution in [0, 0.1) is 6.92 Å². The highest BCUT2D eigenvalue weighted by atomic mass is 32.1. The molecule has 0 saturated carbocycles. The van der Waals surface area contributed by atoms with Crippen molar-refractivity contribution in [1.82, 2.24) is 4.98 Å². The number of halogens is 3. The standard InChI is InChI=1S/C16H16F3N3O3S/c1-3-24-14(23)7-12-9-26-15(21-12)22-20-8-11-4-10(2)5-13(6-11)25-16(17,18)19/h4-6,8-9H,3,7H2,1-2H3,(H,21,22). The summed E-state index contributed by atoms with van der Waals surface area (Å²) in [6, 6.07) is 4.16. The lowest BCUT2D eigenvalue weighted by Gasteiger charge is -2.10. The Bertz CT molecular complexity index is 791. The number of alkyl halides is 3. The molecule has 0 aliphatic heterocycles. The molecule has 1 N–H and O–H groups in total. The Hall–Kier alpha value is -2.62. The average Bonchev–Trinajstić information content (AvgIpc) is 2.92. The summed E-state index contributed by atoms with van der Waals surface area (Å²) in [5, 5.41) is 6.07. The van der Waals surface area contributed by atoms with Crippen LogP contribution in [-0.2, 0) is 16.0 Å². The fourth-order valence-corrected chi connectivity index (χ4v) is 2.66. The number of hydrogen-bond acceptors (Lipinski definition) is 7. The highest BCUT2D eigenvalue weighted by molar-refractivity contribution is 7.13. The third kappa shape index (κ3) is 6.71. The van der Waals surface area contributed by atoms with E-state index >= 15 is 0 Å². The van der Waals surface area contributed by atoms with Gasteiger partial charge in [0, 0.05) is 5.38 Å². The number of carbonyl (C=O) groups is 1. The molecule has 0 amide bonds. The van der Waals surface area contributed by atoms with Crippen molar-refractivity contribution in [2.75, 3.05) is 12.0 Å². The summed E-state index contributed by atoms with van der Waals surface area (Å²) in [7, 11) is 0. The third-order valence-electron chi connectivity index (χ3n) is 2.86. The summed E-state index contributed by atoms with van der Waals surface area (Å²) in [6.45, 7) is 3.67. The lowest BCUT2D eigenvalue weighted by Crippen LogP contribution is -2.17. The first-order valence-corrected chi connectivity index (χ1v) is 8.39. The SMILES string of the molecule is CCOC(=O)Cc1csc(NN=Cc2cc(C)cc(OC(F)(F)F)c2)n1. The van der Waals surface area contributed by atoms with Gasteiger partial charge in [0.1, 0.15) is 5.75 Å². The minimum atomic E-state index is -4.75. The first kappa shape index (κ1) is 19.7. The van der Waals surface area contributed by atoms with Gasteiger partial charge in [-0.2, -0.15) is 5.10 Å². The molecule has 0 atom stereocenters. The second-order valence-electron chi connectivity index (χ2n) is 5.12. The molecule has 1 aromatic heterocycles. The number of hydrazone groups is 1. The van der Waals surface area contributed by atoms with Crippen LogP contribution in [0.15, 0.2) is 28.7 Å². The van der Waals surface area contributed by atoms with Crippen LogP contribution in [0.3, 0.4) is 0 Å². The lowest BCUT2D eigenvalue weighted by atomic mass is 10.1. The van der Waals surface area contributed by atoms with Gasteiger partial charge in [-0.1, -0.05) is 6.07 Å². The van der Waals surface area contributed by atoms with Crippen molar-refractivity contribution in [3.63, 3.8) is 0 Å². The number of aromatic nitrogens is 1. The molecule has 26 heavy (non-hydrogen) atoms. The van der Waals surface area contributed by atoms with Crippen molar-refractivity contribution < 1.29 is 27.4 Å². The van der Waals surface area contributed by atoms with Crippen molar-refractivity contribution in [3.05, 3.63) is 40.4 Å². The van der Waals surface area contributed by atoms with Gasteiger partial charge < -0.3 is 9.47 Å². The van der Waals surface area contributed by atoms with E-state index in [-0.39, 0.29) is 18.1 Å². The van der Waals surface area contributed by atoms with Crippen molar-refractivity contribution in [2.45, 2.75) is 26.6 Å². The van der Waals surface area contributed by atoms with Gasteiger partial charge in [0.15, 0.2) is 0 Å². The molecule has 0 aliphatic rings. The molecule has 0 saturated heterocycles. The zero-order chi connectivity index (χ0) is 19.2. The number of hydrogen-bond donors (Lipinski definition) is 1. The van der Waals surface area contributed by atoms with E-state index in [4.69, 9.17) is 4.74 Å². The summed E-state index contributed by atoms with van der Waals surface area (Å²) in [5.74, 6) is -0.685. The van der Waals surface area contributed by atoms with Gasteiger partial charge in [0.2, 0.25) is 5.13 Å². The molecular weight excluding hydrogens is 371 g/mol. The largest absolute Gasteiger partial charge is 0.573 e. The Morgan fingerprint density at radius 2 is 2.15 bits per heavy atom. The zero-order valence-corrected chi connectivity index (χ0v) is 14.8. The number of aryl methyl sites for hydroxylation is 1. The Kier molecular flexibility index (Phi) is 6.56. The molecule has 2 aromatic rings. The van der Waals surface area contributed by atoms with Gasteiger partial charge in [0.25, 0.3) is 0 Å². The maximum Gasteiger partial charge on any atom is 0.573 e. The average molecular weight is 387 g/mol. The Balaban J connectivity index is 1.98. The van der Waals surface area contributed by atoms with Crippen LogP contribution < -0.4 is 10.2 Å². The first-order chi connectivity index (χ1) is 12.2. The van der Waals surface area contributed by atoms with Crippen LogP contribution in [0.1, 0.15) is 23.7 Å². The number of carbonyl (C=O) groups excluding carboxylic acids is 1. The minimum absolute atomic E-state index is 0.0613. The number of nitrogens with zero attached hydrogens (tertiary/aromatic N) is 2. The second-order valence-corrected chi connectivity index (χ2v) is 5.98. The highest BCUT2D eigenvalue weighted by Gasteiger charge is 2.31. The predicted octanol–water partition coefficient (Wildman–Crippen LogP) is 3.90. The highest BCUT2D eigenvalue weighted by Crippen LogP contribution is 2.24. The molecule has 1 aromatic carbocycles. The van der Waals surface area contributed by atoms with Crippen LogP contribution >= 0.6 is 11.3 Å². The van der Waals surface area contributed by atoms with Crippen LogP contribution in [0.5, 0.6) is 5.75 Å².